The van der Waals surface area contributed by atoms with Gasteiger partial charge in [0.1, 0.15) is 0 Å². The van der Waals surface area contributed by atoms with Crippen LogP contribution in [0.25, 0.3) is 10.9 Å². The van der Waals surface area contributed by atoms with E-state index in [1.807, 2.05) is 54.7 Å². The maximum Gasteiger partial charge on any atom is 0.279 e. The first-order valence-electron chi connectivity index (χ1n) is 7.30. The first kappa shape index (κ1) is 13.5. The molecule has 1 aromatic heterocycles. The molecular formula is C18H14N4O. The van der Waals surface area contributed by atoms with Crippen molar-refractivity contribution in [2.45, 2.75) is 0 Å². The van der Waals surface area contributed by atoms with Crippen molar-refractivity contribution >= 4 is 34.4 Å². The van der Waals surface area contributed by atoms with Crippen molar-refractivity contribution in [3.63, 3.8) is 0 Å². The Morgan fingerprint density at radius 3 is 2.78 bits per heavy atom. The van der Waals surface area contributed by atoms with Crippen molar-refractivity contribution in [3.05, 3.63) is 65.9 Å². The van der Waals surface area contributed by atoms with E-state index in [-0.39, 0.29) is 5.91 Å². The number of para-hydroxylation sites is 2. The number of benzene rings is 2. The summed E-state index contributed by atoms with van der Waals surface area (Å²) in [5, 5.41) is 9.36. The minimum Gasteiger partial charge on any atom is -0.361 e. The number of anilines is 1. The van der Waals surface area contributed by atoms with E-state index >= 15 is 0 Å². The second-order valence-corrected chi connectivity index (χ2v) is 5.36. The Balaban J connectivity index is 1.70. The number of nitrogens with zero attached hydrogens (tertiary/aromatic N) is 3. The van der Waals surface area contributed by atoms with E-state index in [0.29, 0.717) is 5.71 Å². The van der Waals surface area contributed by atoms with Gasteiger partial charge in [-0.2, -0.15) is 5.10 Å². The molecule has 2 heterocycles. The van der Waals surface area contributed by atoms with Gasteiger partial charge in [0.25, 0.3) is 5.91 Å². The van der Waals surface area contributed by atoms with Crippen LogP contribution in [-0.4, -0.2) is 29.9 Å². The summed E-state index contributed by atoms with van der Waals surface area (Å²) in [6.07, 6.45) is 3.55. The molecule has 1 aliphatic rings. The zero-order chi connectivity index (χ0) is 15.8. The molecule has 1 aliphatic heterocycles. The van der Waals surface area contributed by atoms with E-state index in [1.54, 1.807) is 18.2 Å². The lowest BCUT2D eigenvalue weighted by atomic mass is 10.1. The van der Waals surface area contributed by atoms with Crippen LogP contribution in [0.3, 0.4) is 0 Å². The van der Waals surface area contributed by atoms with Gasteiger partial charge in [-0.15, -0.1) is 5.10 Å². The molecule has 0 saturated heterocycles. The standard InChI is InChI=1S/C18H14N4O/c1-22-16-9-5-3-7-14(16)17(18(22)23)21-20-11-12-10-19-15-8-4-2-6-13(12)15/h2-11,19H,1H3/b20-11+,21-17+. The van der Waals surface area contributed by atoms with Gasteiger partial charge in [0.05, 0.1) is 11.9 Å². The molecule has 0 fully saturated rings. The Morgan fingerprint density at radius 1 is 1.09 bits per heavy atom. The molecule has 0 bridgehead atoms. The Hall–Kier alpha value is -3.21. The second-order valence-electron chi connectivity index (χ2n) is 5.36. The van der Waals surface area contributed by atoms with Crippen molar-refractivity contribution in [3.8, 4) is 0 Å². The third-order valence-corrected chi connectivity index (χ3v) is 4.00. The van der Waals surface area contributed by atoms with Crippen molar-refractivity contribution in [1.29, 1.82) is 0 Å². The van der Waals surface area contributed by atoms with Crippen molar-refractivity contribution < 1.29 is 4.79 Å². The van der Waals surface area contributed by atoms with Crippen molar-refractivity contribution in [2.24, 2.45) is 10.2 Å². The summed E-state index contributed by atoms with van der Waals surface area (Å²) < 4.78 is 0. The third kappa shape index (κ3) is 2.14. The molecule has 0 unspecified atom stereocenters. The number of aromatic amines is 1. The Morgan fingerprint density at radius 2 is 1.87 bits per heavy atom. The average molecular weight is 302 g/mol. The lowest BCUT2D eigenvalue weighted by Gasteiger charge is -2.07. The molecule has 5 nitrogen and oxygen atoms in total. The van der Waals surface area contributed by atoms with Gasteiger partial charge in [-0.25, -0.2) is 0 Å². The molecule has 0 radical (unpaired) electrons. The summed E-state index contributed by atoms with van der Waals surface area (Å²) in [6, 6.07) is 15.6. The minimum absolute atomic E-state index is 0.137. The fourth-order valence-corrected chi connectivity index (χ4v) is 2.80. The smallest absolute Gasteiger partial charge is 0.279 e. The van der Waals surface area contributed by atoms with Crippen LogP contribution < -0.4 is 4.90 Å². The summed E-state index contributed by atoms with van der Waals surface area (Å²) in [7, 11) is 1.74. The molecule has 3 aromatic rings. The van der Waals surface area contributed by atoms with Crippen LogP contribution in [0.1, 0.15) is 11.1 Å². The topological polar surface area (TPSA) is 60.8 Å². The molecule has 0 spiro atoms. The number of rotatable bonds is 2. The third-order valence-electron chi connectivity index (χ3n) is 4.00. The fourth-order valence-electron chi connectivity index (χ4n) is 2.80. The van der Waals surface area contributed by atoms with Crippen molar-refractivity contribution in [1.82, 2.24) is 4.98 Å². The number of carbonyl (C=O) groups excluding carboxylic acids is 1. The van der Waals surface area contributed by atoms with Crippen LogP contribution in [0, 0.1) is 0 Å². The van der Waals surface area contributed by atoms with Crippen LogP contribution in [0.4, 0.5) is 5.69 Å². The largest absolute Gasteiger partial charge is 0.361 e. The predicted molar refractivity (Wildman–Crippen MR) is 92.3 cm³/mol. The van der Waals surface area contributed by atoms with Crippen molar-refractivity contribution in [2.75, 3.05) is 11.9 Å². The number of hydrogen-bond acceptors (Lipinski definition) is 3. The normalized spacial score (nSPS) is 16.0. The highest BCUT2D eigenvalue weighted by Crippen LogP contribution is 2.27. The molecule has 4 rings (SSSR count). The molecule has 0 saturated carbocycles. The maximum absolute atomic E-state index is 12.3. The number of H-pyrrole nitrogens is 1. The molecule has 5 heteroatoms. The highest BCUT2D eigenvalue weighted by molar-refractivity contribution is 6.54. The first-order valence-corrected chi connectivity index (χ1v) is 7.30. The van der Waals surface area contributed by atoms with Gasteiger partial charge in [0, 0.05) is 35.3 Å². The summed E-state index contributed by atoms with van der Waals surface area (Å²) in [6.45, 7) is 0. The van der Waals surface area contributed by atoms with Crippen LogP contribution in [0.5, 0.6) is 0 Å². The number of likely N-dealkylation sites (N-methyl/N-ethyl adjacent to an activating group) is 1. The van der Waals surface area contributed by atoms with Gasteiger partial charge in [0.15, 0.2) is 5.71 Å². The van der Waals surface area contributed by atoms with E-state index in [4.69, 9.17) is 0 Å². The van der Waals surface area contributed by atoms with E-state index in [0.717, 1.165) is 27.7 Å². The summed E-state index contributed by atoms with van der Waals surface area (Å²) in [5.41, 5.74) is 4.04. The molecule has 1 amide bonds. The molecule has 2 aromatic carbocycles. The van der Waals surface area contributed by atoms with Crippen LogP contribution >= 0.6 is 0 Å². The van der Waals surface area contributed by atoms with E-state index in [9.17, 15) is 4.79 Å². The quantitative estimate of drug-likeness (QED) is 0.574. The van der Waals surface area contributed by atoms with Gasteiger partial charge >= 0.3 is 0 Å². The van der Waals surface area contributed by atoms with E-state index < -0.39 is 0 Å². The lowest BCUT2D eigenvalue weighted by molar-refractivity contribution is -0.111. The van der Waals surface area contributed by atoms with Gasteiger partial charge in [-0.1, -0.05) is 36.4 Å². The monoisotopic (exact) mass is 302 g/mol. The number of nitrogens with one attached hydrogen (secondary N) is 1. The molecule has 1 N–H and O–H groups in total. The predicted octanol–water partition coefficient (Wildman–Crippen LogP) is 2.97. The Bertz CT molecular complexity index is 968. The number of amides is 1. The summed E-state index contributed by atoms with van der Waals surface area (Å²) in [4.78, 5) is 17.1. The Kier molecular flexibility index (Phi) is 3.05. The summed E-state index contributed by atoms with van der Waals surface area (Å²) >= 11 is 0. The van der Waals surface area contributed by atoms with Gasteiger partial charge < -0.3 is 9.88 Å². The zero-order valence-corrected chi connectivity index (χ0v) is 12.5. The minimum atomic E-state index is -0.137. The van der Waals surface area contributed by atoms with Gasteiger partial charge in [0.2, 0.25) is 0 Å². The molecule has 112 valence electrons. The number of aromatic nitrogens is 1. The van der Waals surface area contributed by atoms with Crippen LogP contribution in [0.2, 0.25) is 0 Å². The van der Waals surface area contributed by atoms with Gasteiger partial charge in [-0.3, -0.25) is 4.79 Å². The molecule has 0 atom stereocenters. The fraction of sp³-hybridized carbons (Fsp3) is 0.0556. The van der Waals surface area contributed by atoms with E-state index in [2.05, 4.69) is 15.2 Å². The maximum atomic E-state index is 12.3. The van der Waals surface area contributed by atoms with Crippen LogP contribution in [0.15, 0.2) is 64.9 Å². The zero-order valence-electron chi connectivity index (χ0n) is 12.5. The van der Waals surface area contributed by atoms with E-state index in [1.165, 1.54) is 0 Å². The highest BCUT2D eigenvalue weighted by Gasteiger charge is 2.30. The molecule has 23 heavy (non-hydrogen) atoms. The SMILES string of the molecule is CN1C(=O)/C(=N/N=C/c2c[nH]c3ccccc23)c2ccccc21. The van der Waals surface area contributed by atoms with Gasteiger partial charge in [-0.05, 0) is 12.1 Å². The number of fused-ring (bicyclic) bond motifs is 2. The number of hydrogen-bond donors (Lipinski definition) is 1. The average Bonchev–Trinajstić information content (AvgIpc) is 3.10. The number of carbonyl (C=O) groups is 1. The molecule has 0 aliphatic carbocycles. The first-order chi connectivity index (χ1) is 11.3. The summed E-state index contributed by atoms with van der Waals surface area (Å²) in [5.74, 6) is -0.137. The molecular weight excluding hydrogens is 288 g/mol. The Labute approximate surface area is 133 Å². The highest BCUT2D eigenvalue weighted by atomic mass is 16.2. The van der Waals surface area contributed by atoms with Crippen LogP contribution in [-0.2, 0) is 4.79 Å². The second kappa shape index (κ2) is 5.21. The lowest BCUT2D eigenvalue weighted by Crippen LogP contribution is -2.25.